The number of amides is 1. The summed E-state index contributed by atoms with van der Waals surface area (Å²) in [5.41, 5.74) is 0. The molecule has 0 bridgehead atoms. The standard InChI is InChI=1S/C63H111NO10/c1-4-7-10-13-16-19-22-25-27-28-29-30-31-33-36-39-42-45-48-51-58(68)74-61-60(70)59(69)57(52-65)73-63(61)72-53-54(55(66)49-46-43-40-37-34-24-21-18-15-12-9-6-3)64-62(71)56(67)50-47-44-41-38-35-32-26-23-20-17-14-11-8-5-2/h7,10,16,19,25,27,29-30,33,36,46,49,54-57,59-61,63,65-67,69-70H,4-6,8-9,11-15,17-18,20-24,26,28,31-32,34-35,37-45,47-48,50-53H2,1-3H3,(H,64,71)/b10-7-,19-16-,27-25-,30-29-,36-33-,49-46+. The van der Waals surface area contributed by atoms with Crippen molar-refractivity contribution in [3.8, 4) is 0 Å². The molecule has 0 aromatic heterocycles. The highest BCUT2D eigenvalue weighted by molar-refractivity contribution is 5.80. The van der Waals surface area contributed by atoms with Gasteiger partial charge in [-0.1, -0.05) is 248 Å². The van der Waals surface area contributed by atoms with Crippen molar-refractivity contribution in [3.63, 3.8) is 0 Å². The summed E-state index contributed by atoms with van der Waals surface area (Å²) in [6, 6.07) is -1.03. The van der Waals surface area contributed by atoms with Crippen LogP contribution < -0.4 is 5.32 Å². The molecule has 0 aliphatic carbocycles. The summed E-state index contributed by atoms with van der Waals surface area (Å²) in [5.74, 6) is -1.23. The van der Waals surface area contributed by atoms with Crippen LogP contribution in [-0.4, -0.2) is 99.6 Å². The van der Waals surface area contributed by atoms with E-state index in [1.165, 1.54) is 116 Å². The van der Waals surface area contributed by atoms with E-state index in [2.05, 4.69) is 86.8 Å². The highest BCUT2D eigenvalue weighted by Gasteiger charge is 2.47. The van der Waals surface area contributed by atoms with Gasteiger partial charge in [0.25, 0.3) is 0 Å². The summed E-state index contributed by atoms with van der Waals surface area (Å²) in [5, 5.41) is 56.9. The molecule has 0 saturated carbocycles. The van der Waals surface area contributed by atoms with Crippen LogP contribution in [0.15, 0.2) is 72.9 Å². The third-order valence-corrected chi connectivity index (χ3v) is 13.9. The Kier molecular flexibility index (Phi) is 47.5. The monoisotopic (exact) mass is 1040 g/mol. The molecule has 8 unspecified atom stereocenters. The van der Waals surface area contributed by atoms with E-state index in [0.29, 0.717) is 12.8 Å². The number of unbranched alkanes of at least 4 members (excludes halogenated alkanes) is 26. The zero-order valence-electron chi connectivity index (χ0n) is 47.2. The first-order valence-corrected chi connectivity index (χ1v) is 30.2. The van der Waals surface area contributed by atoms with Crippen LogP contribution >= 0.6 is 0 Å². The Balaban J connectivity index is 2.72. The largest absolute Gasteiger partial charge is 0.454 e. The van der Waals surface area contributed by atoms with Crippen molar-refractivity contribution in [3.05, 3.63) is 72.9 Å². The van der Waals surface area contributed by atoms with Gasteiger partial charge in [0.05, 0.1) is 25.4 Å². The van der Waals surface area contributed by atoms with Crippen LogP contribution in [0.5, 0.6) is 0 Å². The third kappa shape index (κ3) is 38.6. The van der Waals surface area contributed by atoms with E-state index in [1.807, 2.05) is 6.08 Å². The van der Waals surface area contributed by atoms with Gasteiger partial charge in [0.1, 0.15) is 24.4 Å². The lowest BCUT2D eigenvalue weighted by molar-refractivity contribution is -0.305. The lowest BCUT2D eigenvalue weighted by atomic mass is 9.99. The molecule has 428 valence electrons. The van der Waals surface area contributed by atoms with Crippen molar-refractivity contribution < 1.29 is 49.3 Å². The van der Waals surface area contributed by atoms with E-state index >= 15 is 0 Å². The second-order valence-electron chi connectivity index (χ2n) is 20.7. The van der Waals surface area contributed by atoms with Crippen molar-refractivity contribution in [2.45, 2.75) is 301 Å². The first-order chi connectivity index (χ1) is 36.2. The molecule has 1 rings (SSSR count). The Bertz CT molecular complexity index is 1480. The number of hydrogen-bond acceptors (Lipinski definition) is 10. The molecule has 1 heterocycles. The van der Waals surface area contributed by atoms with Crippen LogP contribution in [0.3, 0.4) is 0 Å². The maximum Gasteiger partial charge on any atom is 0.306 e. The maximum absolute atomic E-state index is 13.4. The summed E-state index contributed by atoms with van der Waals surface area (Å²) in [4.78, 5) is 26.5. The van der Waals surface area contributed by atoms with Crippen LogP contribution in [-0.2, 0) is 23.8 Å². The zero-order valence-corrected chi connectivity index (χ0v) is 47.2. The van der Waals surface area contributed by atoms with Gasteiger partial charge < -0.3 is 45.1 Å². The lowest BCUT2D eigenvalue weighted by Crippen LogP contribution is -2.61. The van der Waals surface area contributed by atoms with Crippen LogP contribution in [0.25, 0.3) is 0 Å². The summed E-state index contributed by atoms with van der Waals surface area (Å²) in [7, 11) is 0. The molecule has 0 aromatic rings. The molecule has 0 spiro atoms. The predicted molar refractivity (Wildman–Crippen MR) is 306 cm³/mol. The van der Waals surface area contributed by atoms with Gasteiger partial charge in [-0.3, -0.25) is 9.59 Å². The number of carbonyl (C=O) groups is 2. The van der Waals surface area contributed by atoms with Gasteiger partial charge in [-0.05, 0) is 70.6 Å². The van der Waals surface area contributed by atoms with E-state index in [9.17, 15) is 35.1 Å². The highest BCUT2D eigenvalue weighted by Crippen LogP contribution is 2.26. The highest BCUT2D eigenvalue weighted by atomic mass is 16.7. The average Bonchev–Trinajstić information content (AvgIpc) is 3.40. The number of carbonyl (C=O) groups excluding carboxylic acids is 2. The normalized spacial score (nSPS) is 19.8. The summed E-state index contributed by atoms with van der Waals surface area (Å²) in [6.07, 6.45) is 53.6. The second kappa shape index (κ2) is 50.9. The summed E-state index contributed by atoms with van der Waals surface area (Å²) < 4.78 is 17.6. The fraction of sp³-hybridized carbons (Fsp3) is 0.778. The number of ether oxygens (including phenoxy) is 3. The first-order valence-electron chi connectivity index (χ1n) is 30.2. The molecule has 74 heavy (non-hydrogen) atoms. The lowest BCUT2D eigenvalue weighted by Gasteiger charge is -2.41. The first kappa shape index (κ1) is 69.1. The molecule has 11 heteroatoms. The fourth-order valence-corrected chi connectivity index (χ4v) is 9.09. The Labute approximate surface area is 451 Å². The molecule has 1 saturated heterocycles. The number of rotatable bonds is 50. The quantitative estimate of drug-likeness (QED) is 0.0195. The number of hydrogen-bond donors (Lipinski definition) is 6. The van der Waals surface area contributed by atoms with Gasteiger partial charge in [-0.2, -0.15) is 0 Å². The molecule has 1 fully saturated rings. The Morgan fingerprint density at radius 2 is 0.973 bits per heavy atom. The molecular weight excluding hydrogens is 931 g/mol. The van der Waals surface area contributed by atoms with Crippen LogP contribution in [0.1, 0.15) is 252 Å². The van der Waals surface area contributed by atoms with Crippen molar-refractivity contribution in [1.29, 1.82) is 0 Å². The minimum atomic E-state index is -1.63. The molecule has 1 aliphatic heterocycles. The van der Waals surface area contributed by atoms with Gasteiger partial charge in [0, 0.05) is 6.42 Å². The Morgan fingerprint density at radius 3 is 1.46 bits per heavy atom. The van der Waals surface area contributed by atoms with E-state index in [1.54, 1.807) is 6.08 Å². The molecule has 11 nitrogen and oxygen atoms in total. The van der Waals surface area contributed by atoms with E-state index in [0.717, 1.165) is 89.9 Å². The minimum Gasteiger partial charge on any atom is -0.454 e. The summed E-state index contributed by atoms with van der Waals surface area (Å²) >= 11 is 0. The minimum absolute atomic E-state index is 0.0829. The van der Waals surface area contributed by atoms with Gasteiger partial charge >= 0.3 is 5.97 Å². The van der Waals surface area contributed by atoms with Crippen LogP contribution in [0.2, 0.25) is 0 Å². The van der Waals surface area contributed by atoms with Crippen molar-refractivity contribution in [2.75, 3.05) is 13.2 Å². The van der Waals surface area contributed by atoms with Gasteiger partial charge in [-0.25, -0.2) is 0 Å². The zero-order chi connectivity index (χ0) is 54.0. The molecule has 1 amide bonds. The average molecular weight is 1040 g/mol. The molecule has 0 aromatic carbocycles. The van der Waals surface area contributed by atoms with Gasteiger partial charge in [0.15, 0.2) is 12.4 Å². The fourth-order valence-electron chi connectivity index (χ4n) is 9.09. The molecule has 0 radical (unpaired) electrons. The number of aliphatic hydroxyl groups excluding tert-OH is 5. The number of aliphatic hydroxyl groups is 5. The smallest absolute Gasteiger partial charge is 0.306 e. The van der Waals surface area contributed by atoms with Crippen molar-refractivity contribution >= 4 is 11.9 Å². The molecule has 6 N–H and O–H groups in total. The number of nitrogens with one attached hydrogen (secondary N) is 1. The SMILES string of the molecule is CC/C=C\C/C=C\C/C=C\C/C=C\C/C=C\CCCCCC(=O)OC1C(OCC(NC(=O)C(O)CCCCCCCCCCCCCCCC)C(O)/C=C/CCCCCCCCCCCC)OC(CO)C(O)C1O. The number of esters is 1. The Hall–Kier alpha value is -2.90. The predicted octanol–water partition coefficient (Wildman–Crippen LogP) is 14.0. The van der Waals surface area contributed by atoms with Crippen molar-refractivity contribution in [2.24, 2.45) is 0 Å². The third-order valence-electron chi connectivity index (χ3n) is 13.9. The Morgan fingerprint density at radius 1 is 0.541 bits per heavy atom. The second-order valence-corrected chi connectivity index (χ2v) is 20.7. The van der Waals surface area contributed by atoms with E-state index < -0.39 is 67.4 Å². The summed E-state index contributed by atoms with van der Waals surface area (Å²) in [6.45, 7) is 5.65. The van der Waals surface area contributed by atoms with Crippen LogP contribution in [0.4, 0.5) is 0 Å². The number of allylic oxidation sites excluding steroid dienone is 11. The van der Waals surface area contributed by atoms with Gasteiger partial charge in [0.2, 0.25) is 5.91 Å². The molecule has 1 aliphatic rings. The van der Waals surface area contributed by atoms with E-state index in [-0.39, 0.29) is 19.4 Å². The maximum atomic E-state index is 13.4. The van der Waals surface area contributed by atoms with Gasteiger partial charge in [-0.15, -0.1) is 0 Å². The van der Waals surface area contributed by atoms with E-state index in [4.69, 9.17) is 14.2 Å². The molecule has 8 atom stereocenters. The van der Waals surface area contributed by atoms with Crippen LogP contribution in [0, 0.1) is 0 Å². The van der Waals surface area contributed by atoms with Crippen molar-refractivity contribution in [1.82, 2.24) is 5.32 Å². The molecular formula is C63H111NO10. The topological polar surface area (TPSA) is 175 Å².